The molecule has 11 heteroatoms. The zero-order valence-electron chi connectivity index (χ0n) is 25.5. The second-order valence-electron chi connectivity index (χ2n) is 11.6. The number of anilines is 3. The summed E-state index contributed by atoms with van der Waals surface area (Å²) in [4.78, 5) is 34.3. The zero-order valence-corrected chi connectivity index (χ0v) is 27.9. The second-order valence-corrected chi connectivity index (χ2v) is 13.8. The van der Waals surface area contributed by atoms with Gasteiger partial charge < -0.3 is 4.90 Å². The van der Waals surface area contributed by atoms with E-state index in [1.165, 1.54) is 11.1 Å². The number of nitrogens with zero attached hydrogens (tertiary/aromatic N) is 6. The van der Waals surface area contributed by atoms with E-state index in [0.717, 1.165) is 66.6 Å². The Morgan fingerprint density at radius 3 is 1.75 bits per heavy atom. The zero-order chi connectivity index (χ0) is 32.5. The molecule has 0 bridgehead atoms. The topological polar surface area (TPSA) is 101 Å². The number of benzene rings is 5. The Hall–Kier alpha value is -5.49. The van der Waals surface area contributed by atoms with Gasteiger partial charge in [0.25, 0.3) is 0 Å². The molecule has 0 radical (unpaired) electrons. The van der Waals surface area contributed by atoms with Crippen molar-refractivity contribution in [3.05, 3.63) is 134 Å². The maximum absolute atomic E-state index is 13.2. The van der Waals surface area contributed by atoms with E-state index in [1.807, 2.05) is 6.07 Å². The maximum atomic E-state index is 13.2. The molecule has 3 aromatic heterocycles. The summed E-state index contributed by atoms with van der Waals surface area (Å²) in [5.74, 6) is 0. The van der Waals surface area contributed by atoms with Crippen LogP contribution >= 0.6 is 34.8 Å². The standard InChI is InChI=1S/C37H22N6O2S3/c1-19-7-11-21(12-8-19)43(22-13-9-20(2)10-14-22)30-16-15-29(46-30)27-17-25-26(31-33(27)41-47-39-31)18-28(34-32(25)40-48-42-34)38-35-36(44)23-5-3-4-6-24(23)37(35)45/h3-18H,1-2H3. The Morgan fingerprint density at radius 2 is 1.12 bits per heavy atom. The summed E-state index contributed by atoms with van der Waals surface area (Å²) in [7, 11) is 0. The van der Waals surface area contributed by atoms with Crippen molar-refractivity contribution in [2.45, 2.75) is 13.8 Å². The summed E-state index contributed by atoms with van der Waals surface area (Å²) in [6.45, 7) is 4.18. The first kappa shape index (κ1) is 28.7. The van der Waals surface area contributed by atoms with Gasteiger partial charge in [0.15, 0.2) is 5.36 Å². The van der Waals surface area contributed by atoms with E-state index in [-0.39, 0.29) is 16.2 Å². The molecule has 0 aliphatic rings. The van der Waals surface area contributed by atoms with Crippen molar-refractivity contribution in [2.75, 3.05) is 4.90 Å². The van der Waals surface area contributed by atoms with E-state index in [0.29, 0.717) is 33.0 Å². The van der Waals surface area contributed by atoms with Gasteiger partial charge in [-0.05, 0) is 62.4 Å². The normalized spacial score (nSPS) is 11.7. The highest BCUT2D eigenvalue weighted by Crippen LogP contribution is 2.45. The molecule has 0 spiro atoms. The SMILES string of the molecule is Cc1ccc(N(c2ccc(C)cc2)c2ccc(-c3cc4c(cc(N=c5c(=O)c6ccccc6c5=O)c5nsnc54)c4nsnc34)s2)cc1. The Labute approximate surface area is 284 Å². The highest BCUT2D eigenvalue weighted by Gasteiger charge is 2.21. The van der Waals surface area contributed by atoms with Crippen LogP contribution in [-0.4, -0.2) is 17.5 Å². The summed E-state index contributed by atoms with van der Waals surface area (Å²) in [6.07, 6.45) is 0. The molecule has 0 atom stereocenters. The fourth-order valence-corrected chi connectivity index (χ4v) is 8.36. The first-order valence-corrected chi connectivity index (χ1v) is 17.4. The number of aryl methyl sites for hydroxylation is 2. The van der Waals surface area contributed by atoms with Crippen LogP contribution < -0.4 is 21.1 Å². The van der Waals surface area contributed by atoms with E-state index in [4.69, 9.17) is 8.75 Å². The van der Waals surface area contributed by atoms with Gasteiger partial charge in [0.1, 0.15) is 27.1 Å². The molecule has 0 N–H and O–H groups in total. The van der Waals surface area contributed by atoms with Crippen LogP contribution in [-0.2, 0) is 0 Å². The molecular weight excluding hydrogens is 657 g/mol. The molecule has 6 aromatic carbocycles. The van der Waals surface area contributed by atoms with Crippen LogP contribution in [0.5, 0.6) is 0 Å². The van der Waals surface area contributed by atoms with Gasteiger partial charge in [-0.15, -0.1) is 11.3 Å². The van der Waals surface area contributed by atoms with Crippen LogP contribution in [0.3, 0.4) is 0 Å². The fraction of sp³-hybridized carbons (Fsp3) is 0.0541. The van der Waals surface area contributed by atoms with Crippen molar-refractivity contribution in [3.63, 3.8) is 0 Å². The average Bonchev–Trinajstić information content (AvgIpc) is 3.92. The maximum Gasteiger partial charge on any atom is 0.216 e. The van der Waals surface area contributed by atoms with Gasteiger partial charge in [-0.25, -0.2) is 4.99 Å². The summed E-state index contributed by atoms with van der Waals surface area (Å²) in [5.41, 5.74) is 7.77. The number of fused-ring (bicyclic) bond motifs is 6. The fourth-order valence-electron chi connectivity index (χ4n) is 6.16. The molecule has 230 valence electrons. The van der Waals surface area contributed by atoms with Crippen molar-refractivity contribution in [1.82, 2.24) is 17.5 Å². The van der Waals surface area contributed by atoms with E-state index < -0.39 is 0 Å². The van der Waals surface area contributed by atoms with Gasteiger partial charge in [-0.1, -0.05) is 59.7 Å². The van der Waals surface area contributed by atoms with Crippen LogP contribution in [0.4, 0.5) is 22.1 Å². The minimum absolute atomic E-state index is 0.119. The van der Waals surface area contributed by atoms with Crippen LogP contribution in [0.25, 0.3) is 54.1 Å². The lowest BCUT2D eigenvalue weighted by Crippen LogP contribution is -2.31. The van der Waals surface area contributed by atoms with Gasteiger partial charge in [-0.2, -0.15) is 17.5 Å². The van der Waals surface area contributed by atoms with Gasteiger partial charge >= 0.3 is 0 Å². The molecule has 9 aromatic rings. The highest BCUT2D eigenvalue weighted by molar-refractivity contribution is 7.19. The minimum atomic E-state index is -0.387. The molecule has 48 heavy (non-hydrogen) atoms. The third-order valence-corrected chi connectivity index (χ3v) is 10.7. The monoisotopic (exact) mass is 678 g/mol. The molecule has 8 nitrogen and oxygen atoms in total. The number of hydrogen-bond donors (Lipinski definition) is 0. The summed E-state index contributed by atoms with van der Waals surface area (Å²) >= 11 is 3.89. The van der Waals surface area contributed by atoms with Crippen molar-refractivity contribution in [3.8, 4) is 10.4 Å². The average molecular weight is 679 g/mol. The van der Waals surface area contributed by atoms with E-state index in [2.05, 4.69) is 99.2 Å². The van der Waals surface area contributed by atoms with Crippen molar-refractivity contribution < 1.29 is 0 Å². The van der Waals surface area contributed by atoms with Crippen LogP contribution in [0, 0.1) is 13.8 Å². The quantitative estimate of drug-likeness (QED) is 0.180. The lowest BCUT2D eigenvalue weighted by molar-refractivity contribution is 1.29. The number of rotatable bonds is 5. The van der Waals surface area contributed by atoms with Crippen molar-refractivity contribution in [1.29, 1.82) is 0 Å². The number of thiophene rings is 1. The van der Waals surface area contributed by atoms with Crippen LogP contribution in [0.1, 0.15) is 11.1 Å². The lowest BCUT2D eigenvalue weighted by atomic mass is 10.0. The predicted molar refractivity (Wildman–Crippen MR) is 197 cm³/mol. The third-order valence-electron chi connectivity index (χ3n) is 8.59. The largest absolute Gasteiger partial charge is 0.302 e. The third kappa shape index (κ3) is 4.50. The van der Waals surface area contributed by atoms with Gasteiger partial charge in [-0.3, -0.25) is 9.59 Å². The van der Waals surface area contributed by atoms with Crippen molar-refractivity contribution in [2.24, 2.45) is 4.99 Å². The lowest BCUT2D eigenvalue weighted by Gasteiger charge is -2.24. The Balaban J connectivity index is 1.23. The summed E-state index contributed by atoms with van der Waals surface area (Å²) < 4.78 is 18.6. The van der Waals surface area contributed by atoms with Crippen molar-refractivity contribution >= 4 is 100 Å². The molecular formula is C37H22N6O2S3. The highest BCUT2D eigenvalue weighted by atomic mass is 32.1. The smallest absolute Gasteiger partial charge is 0.216 e. The molecule has 0 unspecified atom stereocenters. The second kappa shape index (κ2) is 11.1. The molecule has 0 fully saturated rings. The molecule has 3 heterocycles. The van der Waals surface area contributed by atoms with Gasteiger partial charge in [0.05, 0.1) is 29.1 Å². The number of aromatic nitrogens is 4. The molecule has 0 aliphatic carbocycles. The Kier molecular flexibility index (Phi) is 6.61. The van der Waals surface area contributed by atoms with E-state index in [9.17, 15) is 9.59 Å². The molecule has 9 rings (SSSR count). The summed E-state index contributed by atoms with van der Waals surface area (Å²) in [5, 5.41) is 3.32. The van der Waals surface area contributed by atoms with Crippen LogP contribution in [0.2, 0.25) is 0 Å². The molecule has 0 saturated carbocycles. The Morgan fingerprint density at radius 1 is 0.583 bits per heavy atom. The van der Waals surface area contributed by atoms with Crippen LogP contribution in [0.15, 0.2) is 112 Å². The molecule has 0 saturated heterocycles. The molecule has 0 amide bonds. The predicted octanol–water partition coefficient (Wildman–Crippen LogP) is 8.65. The van der Waals surface area contributed by atoms with E-state index in [1.54, 1.807) is 35.6 Å². The first-order valence-electron chi connectivity index (χ1n) is 15.1. The van der Waals surface area contributed by atoms with Gasteiger partial charge in [0, 0.05) is 43.4 Å². The first-order chi connectivity index (χ1) is 23.4. The molecule has 0 aliphatic heterocycles. The number of hydrogen-bond acceptors (Lipinski definition) is 11. The van der Waals surface area contributed by atoms with Gasteiger partial charge in [0.2, 0.25) is 10.9 Å². The minimum Gasteiger partial charge on any atom is -0.302 e. The van der Waals surface area contributed by atoms with E-state index >= 15 is 0 Å². The summed E-state index contributed by atoms with van der Waals surface area (Å²) in [6, 6.07) is 32.1. The Bertz CT molecular complexity index is 2770.